The second-order valence-electron chi connectivity index (χ2n) is 6.58. The molecule has 0 atom stereocenters. The van der Waals surface area contributed by atoms with E-state index in [9.17, 15) is 4.79 Å². The monoisotopic (exact) mass is 298 g/mol. The normalized spacial score (nSPS) is 11.3. The van der Waals surface area contributed by atoms with Crippen molar-refractivity contribution in [3.63, 3.8) is 0 Å². The van der Waals surface area contributed by atoms with E-state index in [1.54, 1.807) is 12.1 Å². The molecular formula is C18H22N2O2. The Bertz CT molecular complexity index is 698. The molecule has 0 fully saturated rings. The predicted octanol–water partition coefficient (Wildman–Crippen LogP) is 4.44. The number of benzene rings is 1. The summed E-state index contributed by atoms with van der Waals surface area (Å²) in [5, 5.41) is 12.2. The van der Waals surface area contributed by atoms with E-state index in [0.717, 1.165) is 11.3 Å². The molecular weight excluding hydrogens is 276 g/mol. The van der Waals surface area contributed by atoms with Crippen LogP contribution in [0.5, 0.6) is 0 Å². The van der Waals surface area contributed by atoms with Gasteiger partial charge in [-0.3, -0.25) is 0 Å². The lowest BCUT2D eigenvalue weighted by Gasteiger charge is -2.22. The molecule has 0 aliphatic rings. The van der Waals surface area contributed by atoms with Crippen LogP contribution in [-0.4, -0.2) is 16.1 Å². The molecule has 22 heavy (non-hydrogen) atoms. The van der Waals surface area contributed by atoms with E-state index in [1.807, 2.05) is 0 Å². The summed E-state index contributed by atoms with van der Waals surface area (Å²) in [5.41, 5.74) is 4.88. The van der Waals surface area contributed by atoms with Crippen LogP contribution in [0.2, 0.25) is 0 Å². The van der Waals surface area contributed by atoms with Gasteiger partial charge < -0.3 is 10.4 Å². The van der Waals surface area contributed by atoms with Gasteiger partial charge in [0.05, 0.1) is 5.56 Å². The van der Waals surface area contributed by atoms with Crippen LogP contribution >= 0.6 is 0 Å². The molecule has 2 rings (SSSR count). The number of aromatic nitrogens is 1. The van der Waals surface area contributed by atoms with Gasteiger partial charge in [0.2, 0.25) is 0 Å². The number of rotatable bonds is 3. The molecule has 0 radical (unpaired) electrons. The van der Waals surface area contributed by atoms with Crippen LogP contribution in [0.15, 0.2) is 30.5 Å². The lowest BCUT2D eigenvalue weighted by atomic mass is 9.85. The molecule has 0 aliphatic heterocycles. The van der Waals surface area contributed by atoms with Crippen LogP contribution in [-0.2, 0) is 5.41 Å². The molecule has 0 unspecified atom stereocenters. The summed E-state index contributed by atoms with van der Waals surface area (Å²) in [4.78, 5) is 15.0. The van der Waals surface area contributed by atoms with Gasteiger partial charge in [-0.05, 0) is 54.2 Å². The van der Waals surface area contributed by atoms with Gasteiger partial charge in [0.15, 0.2) is 0 Å². The molecule has 0 amide bonds. The van der Waals surface area contributed by atoms with Gasteiger partial charge in [-0.15, -0.1) is 0 Å². The average Bonchev–Trinajstić information content (AvgIpc) is 2.43. The number of hydrogen-bond acceptors (Lipinski definition) is 3. The summed E-state index contributed by atoms with van der Waals surface area (Å²) >= 11 is 0. The molecule has 116 valence electrons. The van der Waals surface area contributed by atoms with Crippen LogP contribution in [0.1, 0.15) is 47.8 Å². The molecule has 2 N–H and O–H groups in total. The highest BCUT2D eigenvalue weighted by molar-refractivity contribution is 5.87. The molecule has 1 aromatic carbocycles. The molecule has 2 aromatic rings. The van der Waals surface area contributed by atoms with Crippen molar-refractivity contribution in [2.24, 2.45) is 0 Å². The predicted molar refractivity (Wildman–Crippen MR) is 89.1 cm³/mol. The molecule has 0 spiro atoms. The van der Waals surface area contributed by atoms with E-state index >= 15 is 0 Å². The van der Waals surface area contributed by atoms with E-state index in [1.165, 1.54) is 17.3 Å². The minimum absolute atomic E-state index is 0.0650. The van der Waals surface area contributed by atoms with Gasteiger partial charge in [0.25, 0.3) is 0 Å². The van der Waals surface area contributed by atoms with Crippen LogP contribution in [0.25, 0.3) is 0 Å². The Morgan fingerprint density at radius 3 is 2.36 bits per heavy atom. The summed E-state index contributed by atoms with van der Waals surface area (Å²) in [6.07, 6.45) is 1.36. The fraction of sp³-hybridized carbons (Fsp3) is 0.333. The van der Waals surface area contributed by atoms with Crippen LogP contribution in [0, 0.1) is 13.8 Å². The topological polar surface area (TPSA) is 62.2 Å². The molecule has 0 bridgehead atoms. The number of aryl methyl sites for hydroxylation is 1. The lowest BCUT2D eigenvalue weighted by Crippen LogP contribution is -2.12. The molecule has 1 aromatic heterocycles. The quantitative estimate of drug-likeness (QED) is 0.879. The zero-order valence-corrected chi connectivity index (χ0v) is 13.7. The van der Waals surface area contributed by atoms with E-state index < -0.39 is 5.97 Å². The number of aromatic carboxylic acids is 1. The number of pyridine rings is 1. The van der Waals surface area contributed by atoms with Gasteiger partial charge in [0, 0.05) is 11.9 Å². The van der Waals surface area contributed by atoms with Gasteiger partial charge in [-0.2, -0.15) is 0 Å². The number of anilines is 2. The number of carboxylic acid groups (broad SMARTS) is 1. The first kappa shape index (κ1) is 16.0. The number of nitrogens with zero attached hydrogens (tertiary/aromatic N) is 1. The summed E-state index contributed by atoms with van der Waals surface area (Å²) in [6, 6.07) is 7.58. The van der Waals surface area contributed by atoms with Crippen molar-refractivity contribution in [1.29, 1.82) is 0 Å². The second-order valence-corrected chi connectivity index (χ2v) is 6.58. The van der Waals surface area contributed by atoms with Crippen LogP contribution in [0.3, 0.4) is 0 Å². The zero-order chi connectivity index (χ0) is 16.5. The average molecular weight is 298 g/mol. The Hall–Kier alpha value is -2.36. The highest BCUT2D eigenvalue weighted by atomic mass is 16.4. The minimum Gasteiger partial charge on any atom is -0.478 e. The van der Waals surface area contributed by atoms with Crippen molar-refractivity contribution in [1.82, 2.24) is 4.98 Å². The zero-order valence-electron chi connectivity index (χ0n) is 13.7. The Morgan fingerprint density at radius 2 is 1.86 bits per heavy atom. The Balaban J connectivity index is 2.36. The van der Waals surface area contributed by atoms with Crippen LogP contribution < -0.4 is 5.32 Å². The SMILES string of the molecule is Cc1cc(C(C)(C)C)cc(Nc2ccc(C(=O)O)cn2)c1C. The largest absolute Gasteiger partial charge is 0.478 e. The molecule has 0 saturated heterocycles. The van der Waals surface area contributed by atoms with Crippen molar-refractivity contribution in [3.8, 4) is 0 Å². The second kappa shape index (κ2) is 5.79. The summed E-state index contributed by atoms with van der Waals surface area (Å²) in [5.74, 6) is -0.334. The molecule has 4 heteroatoms. The highest BCUT2D eigenvalue weighted by Gasteiger charge is 2.16. The first-order chi connectivity index (χ1) is 10.2. The van der Waals surface area contributed by atoms with Crippen molar-refractivity contribution < 1.29 is 9.90 Å². The third kappa shape index (κ3) is 3.45. The fourth-order valence-electron chi connectivity index (χ4n) is 2.15. The minimum atomic E-state index is -0.971. The van der Waals surface area contributed by atoms with Gasteiger partial charge >= 0.3 is 5.97 Å². The van der Waals surface area contributed by atoms with E-state index in [0.29, 0.717) is 5.82 Å². The van der Waals surface area contributed by atoms with E-state index in [-0.39, 0.29) is 11.0 Å². The number of hydrogen-bond donors (Lipinski definition) is 2. The van der Waals surface area contributed by atoms with Crippen LogP contribution in [0.4, 0.5) is 11.5 Å². The van der Waals surface area contributed by atoms with Crippen molar-refractivity contribution in [2.45, 2.75) is 40.0 Å². The van der Waals surface area contributed by atoms with Crippen molar-refractivity contribution in [3.05, 3.63) is 52.7 Å². The van der Waals surface area contributed by atoms with Crippen molar-refractivity contribution >= 4 is 17.5 Å². The van der Waals surface area contributed by atoms with E-state index in [4.69, 9.17) is 5.11 Å². The van der Waals surface area contributed by atoms with Gasteiger partial charge in [0.1, 0.15) is 5.82 Å². The third-order valence-corrected chi connectivity index (χ3v) is 3.81. The molecule has 0 aliphatic carbocycles. The number of carboxylic acids is 1. The van der Waals surface area contributed by atoms with Gasteiger partial charge in [-0.25, -0.2) is 9.78 Å². The Labute approximate surface area is 131 Å². The first-order valence-electron chi connectivity index (χ1n) is 7.26. The Kier molecular flexibility index (Phi) is 4.22. The lowest BCUT2D eigenvalue weighted by molar-refractivity contribution is 0.0696. The maximum absolute atomic E-state index is 10.9. The smallest absolute Gasteiger partial charge is 0.337 e. The highest BCUT2D eigenvalue weighted by Crippen LogP contribution is 2.30. The maximum atomic E-state index is 10.9. The Morgan fingerprint density at radius 1 is 1.18 bits per heavy atom. The third-order valence-electron chi connectivity index (χ3n) is 3.81. The summed E-state index contributed by atoms with van der Waals surface area (Å²) < 4.78 is 0. The molecule has 1 heterocycles. The first-order valence-corrected chi connectivity index (χ1v) is 7.26. The van der Waals surface area contributed by atoms with Gasteiger partial charge in [-0.1, -0.05) is 26.8 Å². The van der Waals surface area contributed by atoms with Crippen molar-refractivity contribution in [2.75, 3.05) is 5.32 Å². The summed E-state index contributed by atoms with van der Waals surface area (Å²) in [7, 11) is 0. The summed E-state index contributed by atoms with van der Waals surface area (Å²) in [6.45, 7) is 10.7. The number of carbonyl (C=O) groups is 1. The standard InChI is InChI=1S/C18H22N2O2/c1-11-8-14(18(3,4)5)9-15(12(11)2)20-16-7-6-13(10-19-16)17(21)22/h6-10H,1-5H3,(H,19,20)(H,21,22). The number of nitrogens with one attached hydrogen (secondary N) is 1. The molecule has 4 nitrogen and oxygen atoms in total. The molecule has 0 saturated carbocycles. The fourth-order valence-corrected chi connectivity index (χ4v) is 2.15. The maximum Gasteiger partial charge on any atom is 0.337 e. The van der Waals surface area contributed by atoms with E-state index in [2.05, 4.69) is 57.1 Å².